The molecule has 1 amide bonds. The zero-order valence-electron chi connectivity index (χ0n) is 7.96. The Morgan fingerprint density at radius 3 is 2.38 bits per heavy atom. The molecule has 0 fully saturated rings. The summed E-state index contributed by atoms with van der Waals surface area (Å²) < 4.78 is 3.35. The molecule has 2 nitrogen and oxygen atoms in total. The topological polar surface area (TPSA) is 31.2 Å². The van der Waals surface area contributed by atoms with Crippen molar-refractivity contribution in [3.63, 3.8) is 0 Å². The molecule has 0 unspecified atom stereocenters. The SMILES string of the molecule is Cc1ccc(C(=O)[N+]S)c(C)c1C. The van der Waals surface area contributed by atoms with Crippen LogP contribution in [-0.2, 0) is 0 Å². The van der Waals surface area contributed by atoms with Gasteiger partial charge in [0.25, 0.3) is 0 Å². The lowest BCUT2D eigenvalue weighted by molar-refractivity contribution is 0.0981. The van der Waals surface area contributed by atoms with Crippen molar-refractivity contribution in [3.8, 4) is 0 Å². The minimum atomic E-state index is -0.274. The fourth-order valence-electron chi connectivity index (χ4n) is 1.24. The van der Waals surface area contributed by atoms with E-state index in [-0.39, 0.29) is 5.91 Å². The number of benzene rings is 1. The summed E-state index contributed by atoms with van der Waals surface area (Å²) in [6.07, 6.45) is 0. The molecule has 13 heavy (non-hydrogen) atoms. The summed E-state index contributed by atoms with van der Waals surface area (Å²) in [4.78, 5) is 11.3. The Hall–Kier alpha value is -0.800. The van der Waals surface area contributed by atoms with E-state index >= 15 is 0 Å². The van der Waals surface area contributed by atoms with Gasteiger partial charge in [0.15, 0.2) is 12.8 Å². The molecule has 0 atom stereocenters. The summed E-state index contributed by atoms with van der Waals surface area (Å²) in [7, 11) is 0. The van der Waals surface area contributed by atoms with Crippen molar-refractivity contribution < 1.29 is 4.79 Å². The predicted molar refractivity (Wildman–Crippen MR) is 56.1 cm³/mol. The maximum atomic E-state index is 11.3. The summed E-state index contributed by atoms with van der Waals surface area (Å²) in [5, 5.41) is 0. The second kappa shape index (κ2) is 3.94. The third-order valence-corrected chi connectivity index (χ3v) is 2.56. The highest BCUT2D eigenvalue weighted by atomic mass is 32.1. The molecule has 0 aliphatic heterocycles. The van der Waals surface area contributed by atoms with Crippen LogP contribution in [0.3, 0.4) is 0 Å². The molecule has 2 radical (unpaired) electrons. The lowest BCUT2D eigenvalue weighted by atomic mass is 9.99. The van der Waals surface area contributed by atoms with Gasteiger partial charge in [-0.25, -0.2) is 4.79 Å². The van der Waals surface area contributed by atoms with Crippen molar-refractivity contribution in [2.24, 2.45) is 0 Å². The molecular formula is C10H12NOS+. The number of carbonyl (C=O) groups is 1. The van der Waals surface area contributed by atoms with Crippen LogP contribution >= 0.6 is 12.8 Å². The Labute approximate surface area is 83.9 Å². The lowest BCUT2D eigenvalue weighted by Gasteiger charge is -2.05. The maximum Gasteiger partial charge on any atom is 0.468 e. The molecular weight excluding hydrogens is 182 g/mol. The summed E-state index contributed by atoms with van der Waals surface area (Å²) in [5.74, 6) is -0.274. The summed E-state index contributed by atoms with van der Waals surface area (Å²) in [6, 6.07) is 3.72. The van der Waals surface area contributed by atoms with Crippen LogP contribution in [-0.4, -0.2) is 5.91 Å². The number of aryl methyl sites for hydroxylation is 1. The molecule has 0 spiro atoms. The number of hydrogen-bond donors (Lipinski definition) is 1. The molecule has 0 saturated carbocycles. The van der Waals surface area contributed by atoms with Gasteiger partial charge in [0, 0.05) is 0 Å². The molecule has 0 aromatic heterocycles. The number of hydrogen-bond acceptors (Lipinski definition) is 2. The molecule has 0 saturated heterocycles. The Morgan fingerprint density at radius 1 is 1.23 bits per heavy atom. The number of rotatable bonds is 1. The average molecular weight is 194 g/mol. The van der Waals surface area contributed by atoms with E-state index in [1.165, 1.54) is 5.56 Å². The molecule has 3 heteroatoms. The van der Waals surface area contributed by atoms with Crippen LogP contribution in [0.15, 0.2) is 12.1 Å². The molecule has 0 heterocycles. The van der Waals surface area contributed by atoms with E-state index in [1.54, 1.807) is 6.07 Å². The number of amides is 1. The molecule has 0 aliphatic carbocycles. The van der Waals surface area contributed by atoms with Crippen molar-refractivity contribution in [3.05, 3.63) is 34.4 Å². The average Bonchev–Trinajstić information content (AvgIpc) is 2.13. The third-order valence-electron chi connectivity index (χ3n) is 2.38. The molecule has 68 valence electrons. The van der Waals surface area contributed by atoms with Gasteiger partial charge < -0.3 is 0 Å². The monoisotopic (exact) mass is 194 g/mol. The second-order valence-electron chi connectivity index (χ2n) is 3.09. The lowest BCUT2D eigenvalue weighted by Crippen LogP contribution is -2.09. The van der Waals surface area contributed by atoms with E-state index in [9.17, 15) is 4.79 Å². The Kier molecular flexibility index (Phi) is 3.12. The van der Waals surface area contributed by atoms with Crippen LogP contribution in [0.25, 0.3) is 0 Å². The summed E-state index contributed by atoms with van der Waals surface area (Å²) in [5.41, 5.74) is 3.96. The van der Waals surface area contributed by atoms with Crippen molar-refractivity contribution in [1.82, 2.24) is 4.72 Å². The molecule has 1 aromatic carbocycles. The van der Waals surface area contributed by atoms with E-state index < -0.39 is 0 Å². The fourth-order valence-corrected chi connectivity index (χ4v) is 1.35. The largest absolute Gasteiger partial charge is 0.468 e. The highest BCUT2D eigenvalue weighted by Crippen LogP contribution is 2.17. The van der Waals surface area contributed by atoms with Crippen molar-refractivity contribution in [1.29, 1.82) is 0 Å². The van der Waals surface area contributed by atoms with Crippen LogP contribution in [0.4, 0.5) is 0 Å². The van der Waals surface area contributed by atoms with E-state index in [1.807, 2.05) is 26.8 Å². The first-order valence-corrected chi connectivity index (χ1v) is 4.44. The highest BCUT2D eigenvalue weighted by Gasteiger charge is 2.21. The number of thiol groups is 1. The second-order valence-corrected chi connectivity index (χ2v) is 3.29. The Bertz CT molecular complexity index is 347. The van der Waals surface area contributed by atoms with Gasteiger partial charge in [0.2, 0.25) is 4.72 Å². The third kappa shape index (κ3) is 1.92. The van der Waals surface area contributed by atoms with E-state index in [4.69, 9.17) is 0 Å². The smallest absolute Gasteiger partial charge is 0.212 e. The van der Waals surface area contributed by atoms with E-state index in [2.05, 4.69) is 17.5 Å². The van der Waals surface area contributed by atoms with Gasteiger partial charge in [-0.3, -0.25) is 0 Å². The minimum absolute atomic E-state index is 0.274. The molecule has 0 aliphatic rings. The minimum Gasteiger partial charge on any atom is -0.212 e. The van der Waals surface area contributed by atoms with Crippen molar-refractivity contribution in [2.45, 2.75) is 20.8 Å². The molecule has 0 bridgehead atoms. The van der Waals surface area contributed by atoms with Gasteiger partial charge in [0.1, 0.15) is 0 Å². The van der Waals surface area contributed by atoms with Crippen molar-refractivity contribution in [2.75, 3.05) is 0 Å². The first-order valence-electron chi connectivity index (χ1n) is 4.04. The fraction of sp³-hybridized carbons (Fsp3) is 0.300. The molecule has 1 rings (SSSR count). The highest BCUT2D eigenvalue weighted by molar-refractivity contribution is 7.78. The summed E-state index contributed by atoms with van der Waals surface area (Å²) >= 11 is 3.61. The van der Waals surface area contributed by atoms with Gasteiger partial charge in [0.05, 0.1) is 5.56 Å². The van der Waals surface area contributed by atoms with Crippen LogP contribution in [0.1, 0.15) is 27.0 Å². The van der Waals surface area contributed by atoms with Gasteiger partial charge in [-0.2, -0.15) is 0 Å². The molecule has 1 aromatic rings. The number of nitrogens with zero attached hydrogens (tertiary/aromatic N) is 1. The standard InChI is InChI=1S/C10H12NOS/c1-6-4-5-9(10(12)11-13)8(3)7(6)2/h4-5,13H,1-3H3/q+1. The zero-order chi connectivity index (χ0) is 10.0. The van der Waals surface area contributed by atoms with E-state index in [0.29, 0.717) is 5.56 Å². The predicted octanol–water partition coefficient (Wildman–Crippen LogP) is 2.20. The van der Waals surface area contributed by atoms with Crippen LogP contribution in [0.2, 0.25) is 0 Å². The van der Waals surface area contributed by atoms with Crippen LogP contribution in [0.5, 0.6) is 0 Å². The first kappa shape index (κ1) is 10.3. The van der Waals surface area contributed by atoms with Crippen LogP contribution in [0, 0.1) is 20.8 Å². The maximum absolute atomic E-state index is 11.3. The normalized spacial score (nSPS) is 10.2. The Balaban J connectivity index is 3.26. The Morgan fingerprint density at radius 2 is 1.85 bits per heavy atom. The van der Waals surface area contributed by atoms with Gasteiger partial charge >= 0.3 is 5.91 Å². The van der Waals surface area contributed by atoms with Crippen LogP contribution < -0.4 is 4.72 Å². The summed E-state index contributed by atoms with van der Waals surface area (Å²) in [6.45, 7) is 5.95. The van der Waals surface area contributed by atoms with E-state index in [0.717, 1.165) is 11.1 Å². The zero-order valence-corrected chi connectivity index (χ0v) is 8.85. The molecule has 0 N–H and O–H groups in total. The van der Waals surface area contributed by atoms with Gasteiger partial charge in [-0.05, 0) is 43.5 Å². The first-order chi connectivity index (χ1) is 6.07. The quantitative estimate of drug-likeness (QED) is 0.683. The van der Waals surface area contributed by atoms with Gasteiger partial charge in [-0.1, -0.05) is 6.07 Å². The van der Waals surface area contributed by atoms with Crippen molar-refractivity contribution >= 4 is 18.7 Å². The van der Waals surface area contributed by atoms with Gasteiger partial charge in [-0.15, -0.1) is 0 Å². The number of carbonyl (C=O) groups excluding carboxylic acids is 1.